The van der Waals surface area contributed by atoms with Gasteiger partial charge in [0.25, 0.3) is 0 Å². The van der Waals surface area contributed by atoms with Gasteiger partial charge in [0, 0.05) is 26.0 Å². The van der Waals surface area contributed by atoms with Gasteiger partial charge in [-0.2, -0.15) is 0 Å². The number of aromatic amines is 1. The molecule has 2 aromatic rings. The Bertz CT molecular complexity index is 362. The number of anilines is 1. The highest BCUT2D eigenvalue weighted by Gasteiger charge is 1.96. The van der Waals surface area contributed by atoms with Crippen LogP contribution in [0.15, 0.2) is 24.7 Å². The molecule has 0 saturated carbocycles. The Morgan fingerprint density at radius 2 is 2.54 bits per heavy atom. The number of nitrogens with zero attached hydrogens (tertiary/aromatic N) is 3. The minimum Gasteiger partial charge on any atom is -0.367 e. The molecule has 0 aliphatic carbocycles. The number of H-pyrrole nitrogens is 1. The predicted molar refractivity (Wildman–Crippen MR) is 49.1 cm³/mol. The van der Waals surface area contributed by atoms with Gasteiger partial charge in [-0.25, -0.2) is 0 Å². The SMILES string of the molecule is Cn1cc(NCc2cc[nH]c2)nn1. The molecule has 68 valence electrons. The first-order valence-corrected chi connectivity index (χ1v) is 4.06. The number of aromatic nitrogens is 4. The molecule has 0 aromatic carbocycles. The molecule has 0 bridgehead atoms. The topological polar surface area (TPSA) is 58.5 Å². The van der Waals surface area contributed by atoms with Gasteiger partial charge in [-0.1, -0.05) is 5.21 Å². The molecule has 13 heavy (non-hydrogen) atoms. The second kappa shape index (κ2) is 3.30. The van der Waals surface area contributed by atoms with E-state index in [0.29, 0.717) is 0 Å². The molecule has 0 spiro atoms. The van der Waals surface area contributed by atoms with Crippen molar-refractivity contribution in [3.63, 3.8) is 0 Å². The lowest BCUT2D eigenvalue weighted by molar-refractivity contribution is 0.715. The molecule has 0 fully saturated rings. The van der Waals surface area contributed by atoms with Gasteiger partial charge < -0.3 is 10.3 Å². The molecule has 0 unspecified atom stereocenters. The Balaban J connectivity index is 1.93. The summed E-state index contributed by atoms with van der Waals surface area (Å²) >= 11 is 0. The van der Waals surface area contributed by atoms with E-state index in [2.05, 4.69) is 20.6 Å². The third-order valence-electron chi connectivity index (χ3n) is 1.74. The number of hydrogen-bond acceptors (Lipinski definition) is 3. The van der Waals surface area contributed by atoms with Crippen LogP contribution in [0.2, 0.25) is 0 Å². The molecule has 2 heterocycles. The molecule has 0 aliphatic rings. The van der Waals surface area contributed by atoms with Crippen molar-refractivity contribution in [2.45, 2.75) is 6.54 Å². The first-order chi connectivity index (χ1) is 6.34. The fraction of sp³-hybridized carbons (Fsp3) is 0.250. The molecule has 0 amide bonds. The van der Waals surface area contributed by atoms with E-state index in [-0.39, 0.29) is 0 Å². The second-order valence-corrected chi connectivity index (χ2v) is 2.85. The molecule has 2 aromatic heterocycles. The van der Waals surface area contributed by atoms with Crippen LogP contribution in [0.3, 0.4) is 0 Å². The molecule has 0 radical (unpaired) electrons. The van der Waals surface area contributed by atoms with Gasteiger partial charge in [0.05, 0.1) is 6.20 Å². The van der Waals surface area contributed by atoms with E-state index in [9.17, 15) is 0 Å². The Kier molecular flexibility index (Phi) is 1.99. The third kappa shape index (κ3) is 1.87. The van der Waals surface area contributed by atoms with Crippen LogP contribution < -0.4 is 5.32 Å². The van der Waals surface area contributed by atoms with Crippen LogP contribution in [0, 0.1) is 0 Å². The van der Waals surface area contributed by atoms with Crippen LogP contribution in [0.25, 0.3) is 0 Å². The van der Waals surface area contributed by atoms with Gasteiger partial charge in [0.15, 0.2) is 5.82 Å². The number of nitrogens with one attached hydrogen (secondary N) is 2. The Hall–Kier alpha value is -1.78. The Morgan fingerprint density at radius 1 is 1.62 bits per heavy atom. The van der Waals surface area contributed by atoms with Crippen LogP contribution in [0.1, 0.15) is 5.56 Å². The van der Waals surface area contributed by atoms with E-state index in [1.54, 1.807) is 4.68 Å². The molecular weight excluding hydrogens is 166 g/mol. The van der Waals surface area contributed by atoms with Crippen molar-refractivity contribution in [3.8, 4) is 0 Å². The minimum atomic E-state index is 0.766. The summed E-state index contributed by atoms with van der Waals surface area (Å²) in [6, 6.07) is 2.02. The zero-order valence-corrected chi connectivity index (χ0v) is 7.36. The van der Waals surface area contributed by atoms with Gasteiger partial charge in [-0.3, -0.25) is 4.68 Å². The summed E-state index contributed by atoms with van der Waals surface area (Å²) in [6.45, 7) is 0.766. The maximum Gasteiger partial charge on any atom is 0.168 e. The summed E-state index contributed by atoms with van der Waals surface area (Å²) in [4.78, 5) is 2.99. The number of rotatable bonds is 3. The lowest BCUT2D eigenvalue weighted by Gasteiger charge is -1.97. The van der Waals surface area contributed by atoms with Gasteiger partial charge in [0.1, 0.15) is 0 Å². The molecular formula is C8H11N5. The lowest BCUT2D eigenvalue weighted by Crippen LogP contribution is -1.98. The van der Waals surface area contributed by atoms with E-state index in [1.165, 1.54) is 5.56 Å². The van der Waals surface area contributed by atoms with Crippen molar-refractivity contribution in [2.24, 2.45) is 7.05 Å². The highest BCUT2D eigenvalue weighted by atomic mass is 15.4. The average Bonchev–Trinajstić information content (AvgIpc) is 2.71. The highest BCUT2D eigenvalue weighted by Crippen LogP contribution is 2.02. The highest BCUT2D eigenvalue weighted by molar-refractivity contribution is 5.30. The van der Waals surface area contributed by atoms with Gasteiger partial charge in [-0.15, -0.1) is 5.10 Å². The average molecular weight is 177 g/mol. The molecule has 0 atom stereocenters. The van der Waals surface area contributed by atoms with Crippen LogP contribution >= 0.6 is 0 Å². The van der Waals surface area contributed by atoms with Crippen molar-refractivity contribution < 1.29 is 0 Å². The monoisotopic (exact) mass is 177 g/mol. The summed E-state index contributed by atoms with van der Waals surface area (Å²) in [5, 5.41) is 10.9. The third-order valence-corrected chi connectivity index (χ3v) is 1.74. The van der Waals surface area contributed by atoms with E-state index in [1.807, 2.05) is 31.7 Å². The minimum absolute atomic E-state index is 0.766. The summed E-state index contributed by atoms with van der Waals surface area (Å²) in [5.74, 6) is 0.795. The van der Waals surface area contributed by atoms with Crippen molar-refractivity contribution in [3.05, 3.63) is 30.2 Å². The van der Waals surface area contributed by atoms with E-state index in [0.717, 1.165) is 12.4 Å². The largest absolute Gasteiger partial charge is 0.367 e. The molecule has 2 N–H and O–H groups in total. The summed E-state index contributed by atoms with van der Waals surface area (Å²) in [7, 11) is 1.84. The van der Waals surface area contributed by atoms with Crippen molar-refractivity contribution in [2.75, 3.05) is 5.32 Å². The number of hydrogen-bond donors (Lipinski definition) is 2. The fourth-order valence-electron chi connectivity index (χ4n) is 1.09. The molecule has 2 rings (SSSR count). The van der Waals surface area contributed by atoms with Crippen LogP contribution in [-0.4, -0.2) is 20.0 Å². The smallest absolute Gasteiger partial charge is 0.168 e. The standard InChI is InChI=1S/C8H11N5/c1-13-6-8(11-12-13)10-5-7-2-3-9-4-7/h2-4,6,9-10H,5H2,1H3. The van der Waals surface area contributed by atoms with E-state index in [4.69, 9.17) is 0 Å². The second-order valence-electron chi connectivity index (χ2n) is 2.85. The predicted octanol–water partition coefficient (Wildman–Crippen LogP) is 0.755. The molecule has 0 saturated heterocycles. The van der Waals surface area contributed by atoms with Crippen molar-refractivity contribution in [1.29, 1.82) is 0 Å². The molecule has 0 aliphatic heterocycles. The van der Waals surface area contributed by atoms with Crippen molar-refractivity contribution >= 4 is 5.82 Å². The maximum absolute atomic E-state index is 3.91. The Morgan fingerprint density at radius 3 is 3.15 bits per heavy atom. The summed E-state index contributed by atoms with van der Waals surface area (Å²) < 4.78 is 1.67. The fourth-order valence-corrected chi connectivity index (χ4v) is 1.09. The first kappa shape index (κ1) is 7.85. The van der Waals surface area contributed by atoms with Crippen LogP contribution in [0.5, 0.6) is 0 Å². The van der Waals surface area contributed by atoms with E-state index < -0.39 is 0 Å². The Labute approximate surface area is 75.8 Å². The van der Waals surface area contributed by atoms with Crippen molar-refractivity contribution in [1.82, 2.24) is 20.0 Å². The van der Waals surface area contributed by atoms with Crippen LogP contribution in [0.4, 0.5) is 5.82 Å². The number of aryl methyl sites for hydroxylation is 1. The lowest BCUT2D eigenvalue weighted by atomic mass is 10.3. The molecule has 5 heteroatoms. The quantitative estimate of drug-likeness (QED) is 0.727. The van der Waals surface area contributed by atoms with Crippen LogP contribution in [-0.2, 0) is 13.6 Å². The molecule has 5 nitrogen and oxygen atoms in total. The first-order valence-electron chi connectivity index (χ1n) is 4.06. The normalized spacial score (nSPS) is 10.2. The zero-order valence-electron chi connectivity index (χ0n) is 7.36. The van der Waals surface area contributed by atoms with Gasteiger partial charge >= 0.3 is 0 Å². The van der Waals surface area contributed by atoms with Gasteiger partial charge in [0.2, 0.25) is 0 Å². The van der Waals surface area contributed by atoms with Gasteiger partial charge in [-0.05, 0) is 11.6 Å². The summed E-state index contributed by atoms with van der Waals surface area (Å²) in [5.41, 5.74) is 1.20. The zero-order chi connectivity index (χ0) is 9.10. The summed E-state index contributed by atoms with van der Waals surface area (Å²) in [6.07, 6.45) is 5.68. The maximum atomic E-state index is 3.91. The van der Waals surface area contributed by atoms with E-state index >= 15 is 0 Å².